The smallest absolute Gasteiger partial charge is 0.191 e. The van der Waals surface area contributed by atoms with Crippen LogP contribution in [0.3, 0.4) is 0 Å². The van der Waals surface area contributed by atoms with E-state index in [1.54, 1.807) is 0 Å². The second kappa shape index (κ2) is 11.1. The van der Waals surface area contributed by atoms with Crippen molar-refractivity contribution in [1.82, 2.24) is 20.4 Å². The van der Waals surface area contributed by atoms with E-state index >= 15 is 0 Å². The Labute approximate surface area is 159 Å². The minimum atomic E-state index is -0.832. The Hall–Kier alpha value is -0.890. The van der Waals surface area contributed by atoms with Gasteiger partial charge in [-0.05, 0) is 45.7 Å². The van der Waals surface area contributed by atoms with Crippen LogP contribution in [-0.4, -0.2) is 98.6 Å². The molecule has 0 aliphatic carbocycles. The van der Waals surface area contributed by atoms with Crippen molar-refractivity contribution in [2.45, 2.75) is 39.2 Å². The van der Waals surface area contributed by atoms with Gasteiger partial charge in [-0.1, -0.05) is 6.92 Å². The number of aliphatic hydroxyl groups is 1. The molecule has 7 heteroatoms. The van der Waals surface area contributed by atoms with E-state index in [1.807, 2.05) is 6.92 Å². The van der Waals surface area contributed by atoms with Crippen LogP contribution >= 0.6 is 0 Å². The van der Waals surface area contributed by atoms with Crippen LogP contribution < -0.4 is 10.6 Å². The minimum absolute atomic E-state index is 0.389. The Balaban J connectivity index is 1.76. The molecule has 7 nitrogen and oxygen atoms in total. The second-order valence-corrected chi connectivity index (χ2v) is 8.07. The van der Waals surface area contributed by atoms with Crippen LogP contribution in [0.4, 0.5) is 0 Å². The molecule has 0 spiro atoms. The lowest BCUT2D eigenvalue weighted by Gasteiger charge is -2.33. The first-order valence-corrected chi connectivity index (χ1v) is 10.3. The molecule has 3 N–H and O–H groups in total. The van der Waals surface area contributed by atoms with Gasteiger partial charge in [0.1, 0.15) is 0 Å². The molecule has 0 bridgehead atoms. The first-order valence-electron chi connectivity index (χ1n) is 10.3. The Morgan fingerprint density at radius 2 is 1.85 bits per heavy atom. The first-order chi connectivity index (χ1) is 12.5. The Morgan fingerprint density at radius 3 is 2.50 bits per heavy atom. The van der Waals surface area contributed by atoms with Crippen LogP contribution in [-0.2, 0) is 4.74 Å². The molecule has 2 saturated heterocycles. The van der Waals surface area contributed by atoms with Gasteiger partial charge in [0.25, 0.3) is 0 Å². The number of nitrogens with zero attached hydrogens (tertiary/aromatic N) is 3. The molecule has 2 aliphatic rings. The van der Waals surface area contributed by atoms with Crippen molar-refractivity contribution in [3.05, 3.63) is 0 Å². The highest BCUT2D eigenvalue weighted by molar-refractivity contribution is 5.79. The molecule has 2 unspecified atom stereocenters. The summed E-state index contributed by atoms with van der Waals surface area (Å²) in [5, 5.41) is 17.4. The van der Waals surface area contributed by atoms with Crippen molar-refractivity contribution < 1.29 is 9.84 Å². The zero-order valence-electron chi connectivity index (χ0n) is 17.0. The lowest BCUT2D eigenvalue weighted by atomic mass is 10.1. The summed E-state index contributed by atoms with van der Waals surface area (Å²) in [6.45, 7) is 15.8. The van der Waals surface area contributed by atoms with Crippen molar-refractivity contribution in [3.63, 3.8) is 0 Å². The molecule has 0 aromatic carbocycles. The van der Waals surface area contributed by atoms with E-state index in [4.69, 9.17) is 4.74 Å². The van der Waals surface area contributed by atoms with Crippen molar-refractivity contribution >= 4 is 5.96 Å². The van der Waals surface area contributed by atoms with Gasteiger partial charge in [0.05, 0.1) is 25.4 Å². The molecule has 0 radical (unpaired) electrons. The molecular weight excluding hydrogens is 330 g/mol. The molecule has 0 saturated carbocycles. The van der Waals surface area contributed by atoms with Gasteiger partial charge in [-0.25, -0.2) is 0 Å². The summed E-state index contributed by atoms with van der Waals surface area (Å²) >= 11 is 0. The first kappa shape index (κ1) is 21.4. The maximum Gasteiger partial charge on any atom is 0.191 e. The number of guanidine groups is 1. The number of ether oxygens (including phenoxy) is 1. The number of likely N-dealkylation sites (tertiary alicyclic amines) is 1. The highest BCUT2D eigenvalue weighted by Crippen LogP contribution is 2.10. The molecular formula is C19H39N5O2. The summed E-state index contributed by atoms with van der Waals surface area (Å²) < 4.78 is 5.37. The number of nitrogens with one attached hydrogen (secondary N) is 2. The summed E-state index contributed by atoms with van der Waals surface area (Å²) in [6, 6.07) is 0. The van der Waals surface area contributed by atoms with Crippen molar-refractivity contribution in [3.8, 4) is 0 Å². The number of hydrogen-bond donors (Lipinski definition) is 3. The van der Waals surface area contributed by atoms with Gasteiger partial charge >= 0.3 is 0 Å². The molecule has 0 amide bonds. The van der Waals surface area contributed by atoms with Crippen molar-refractivity contribution in [2.75, 3.05) is 72.1 Å². The van der Waals surface area contributed by atoms with Gasteiger partial charge in [0.2, 0.25) is 0 Å². The molecule has 2 fully saturated rings. The molecule has 2 rings (SSSR count). The monoisotopic (exact) mass is 369 g/mol. The van der Waals surface area contributed by atoms with E-state index < -0.39 is 5.60 Å². The Morgan fingerprint density at radius 1 is 1.15 bits per heavy atom. The average molecular weight is 370 g/mol. The van der Waals surface area contributed by atoms with E-state index in [-0.39, 0.29) is 0 Å². The second-order valence-electron chi connectivity index (χ2n) is 8.07. The van der Waals surface area contributed by atoms with E-state index in [2.05, 4.69) is 39.3 Å². The fraction of sp³-hybridized carbons (Fsp3) is 0.947. The molecule has 26 heavy (non-hydrogen) atoms. The topological polar surface area (TPSA) is 72.4 Å². The summed E-state index contributed by atoms with van der Waals surface area (Å²) in [6.07, 6.45) is 2.67. The van der Waals surface area contributed by atoms with Gasteiger partial charge in [0, 0.05) is 39.3 Å². The number of rotatable bonds is 9. The maximum absolute atomic E-state index is 10.7. The number of morpholine rings is 1. The van der Waals surface area contributed by atoms with Crippen LogP contribution in [0.2, 0.25) is 0 Å². The highest BCUT2D eigenvalue weighted by Gasteiger charge is 2.25. The third-order valence-corrected chi connectivity index (χ3v) is 4.98. The molecule has 0 aromatic heterocycles. The maximum atomic E-state index is 10.7. The molecule has 0 aromatic rings. The van der Waals surface area contributed by atoms with Crippen LogP contribution in [0.1, 0.15) is 33.6 Å². The SMILES string of the molecule is CCNC(=NCC(C)(O)CN1CCOCC1)NCC(C)CN1CCCC1. The summed E-state index contributed by atoms with van der Waals surface area (Å²) in [5.74, 6) is 1.37. The van der Waals surface area contributed by atoms with E-state index in [0.717, 1.165) is 51.9 Å². The van der Waals surface area contributed by atoms with Crippen LogP contribution in [0.15, 0.2) is 4.99 Å². The average Bonchev–Trinajstić information content (AvgIpc) is 3.11. The summed E-state index contributed by atoms with van der Waals surface area (Å²) in [5.41, 5.74) is -0.832. The van der Waals surface area contributed by atoms with Crippen molar-refractivity contribution in [1.29, 1.82) is 0 Å². The number of aliphatic imine (C=N–C) groups is 1. The van der Waals surface area contributed by atoms with Gasteiger partial charge in [-0.15, -0.1) is 0 Å². The normalized spacial score (nSPS) is 23.6. The predicted molar refractivity (Wildman–Crippen MR) is 107 cm³/mol. The van der Waals surface area contributed by atoms with Crippen LogP contribution in [0.25, 0.3) is 0 Å². The van der Waals surface area contributed by atoms with E-state index in [0.29, 0.717) is 19.0 Å². The zero-order chi connectivity index (χ0) is 18.8. The van der Waals surface area contributed by atoms with Gasteiger partial charge in [0.15, 0.2) is 5.96 Å². The molecule has 2 atom stereocenters. The van der Waals surface area contributed by atoms with E-state index in [9.17, 15) is 5.11 Å². The highest BCUT2D eigenvalue weighted by atomic mass is 16.5. The van der Waals surface area contributed by atoms with Crippen LogP contribution in [0, 0.1) is 5.92 Å². The molecule has 2 heterocycles. The van der Waals surface area contributed by atoms with Crippen molar-refractivity contribution in [2.24, 2.45) is 10.9 Å². The van der Waals surface area contributed by atoms with Gasteiger partial charge < -0.3 is 25.4 Å². The molecule has 152 valence electrons. The summed E-state index contributed by atoms with van der Waals surface area (Å²) in [4.78, 5) is 9.42. The van der Waals surface area contributed by atoms with Gasteiger partial charge in [-0.2, -0.15) is 0 Å². The fourth-order valence-corrected chi connectivity index (χ4v) is 3.62. The fourth-order valence-electron chi connectivity index (χ4n) is 3.62. The summed E-state index contributed by atoms with van der Waals surface area (Å²) in [7, 11) is 0. The van der Waals surface area contributed by atoms with Gasteiger partial charge in [-0.3, -0.25) is 9.89 Å². The quantitative estimate of drug-likeness (QED) is 0.403. The third-order valence-electron chi connectivity index (χ3n) is 4.98. The number of hydrogen-bond acceptors (Lipinski definition) is 5. The predicted octanol–water partition coefficient (Wildman–Crippen LogP) is 0.357. The third kappa shape index (κ3) is 8.20. The Kier molecular flexibility index (Phi) is 9.11. The molecule has 2 aliphatic heterocycles. The minimum Gasteiger partial charge on any atom is -0.387 e. The largest absolute Gasteiger partial charge is 0.387 e. The Bertz CT molecular complexity index is 418. The lowest BCUT2D eigenvalue weighted by molar-refractivity contribution is -0.0180. The lowest BCUT2D eigenvalue weighted by Crippen LogP contribution is -2.48. The van der Waals surface area contributed by atoms with Crippen LogP contribution in [0.5, 0.6) is 0 Å². The van der Waals surface area contributed by atoms with E-state index in [1.165, 1.54) is 25.9 Å². The number of β-amino-alcohol motifs (C(OH)–C–C–N with tert-alkyl or cyclic N) is 1. The standard InChI is InChI=1S/C19H39N5O2/c1-4-20-18(21-13-17(2)14-23-7-5-6-8-23)22-15-19(3,25)16-24-9-11-26-12-10-24/h17,25H,4-16H2,1-3H3,(H2,20,21,22). The zero-order valence-corrected chi connectivity index (χ0v) is 17.0.